The van der Waals surface area contributed by atoms with E-state index in [0.717, 1.165) is 18.7 Å². The van der Waals surface area contributed by atoms with Gasteiger partial charge in [0.15, 0.2) is 0 Å². The van der Waals surface area contributed by atoms with Crippen molar-refractivity contribution in [2.45, 2.75) is 13.1 Å². The molecule has 0 bridgehead atoms. The molecule has 0 aliphatic carbocycles. The summed E-state index contributed by atoms with van der Waals surface area (Å²) in [6, 6.07) is 8.70. The third-order valence-corrected chi connectivity index (χ3v) is 2.47. The summed E-state index contributed by atoms with van der Waals surface area (Å²) in [7, 11) is 1.93. The van der Waals surface area contributed by atoms with Crippen molar-refractivity contribution in [2.24, 2.45) is 0 Å². The molecule has 0 aliphatic heterocycles. The van der Waals surface area contributed by atoms with Crippen molar-refractivity contribution in [1.82, 2.24) is 9.88 Å². The molecule has 1 aromatic carbocycles. The zero-order valence-electron chi connectivity index (χ0n) is 9.28. The molecule has 0 saturated carbocycles. The number of hydrogen-bond donors (Lipinski definition) is 1. The average molecular weight is 218 g/mol. The van der Waals surface area contributed by atoms with Crippen LogP contribution in [0.3, 0.4) is 0 Å². The first-order chi connectivity index (χ1) is 7.78. The van der Waals surface area contributed by atoms with Crippen LogP contribution in [0.15, 0.2) is 42.7 Å². The second-order valence-corrected chi connectivity index (χ2v) is 3.85. The van der Waals surface area contributed by atoms with Gasteiger partial charge in [0.2, 0.25) is 0 Å². The molecule has 1 heterocycles. The summed E-state index contributed by atoms with van der Waals surface area (Å²) in [5.74, 6) is -0.188. The van der Waals surface area contributed by atoms with E-state index in [4.69, 9.17) is 0 Å². The molecule has 0 radical (unpaired) electrons. The van der Waals surface area contributed by atoms with Crippen molar-refractivity contribution in [2.75, 3.05) is 7.05 Å². The van der Waals surface area contributed by atoms with E-state index < -0.39 is 0 Å². The van der Waals surface area contributed by atoms with Crippen LogP contribution in [0.2, 0.25) is 0 Å². The molecule has 0 saturated heterocycles. The summed E-state index contributed by atoms with van der Waals surface area (Å²) >= 11 is 0. The van der Waals surface area contributed by atoms with Crippen LogP contribution in [-0.2, 0) is 13.1 Å². The van der Waals surface area contributed by atoms with Gasteiger partial charge in [-0.2, -0.15) is 0 Å². The number of halogens is 1. The van der Waals surface area contributed by atoms with Crippen LogP contribution in [-0.4, -0.2) is 11.6 Å². The number of rotatable bonds is 4. The lowest BCUT2D eigenvalue weighted by Crippen LogP contribution is -2.04. The van der Waals surface area contributed by atoms with E-state index in [1.165, 1.54) is 17.7 Å². The molecule has 16 heavy (non-hydrogen) atoms. The van der Waals surface area contributed by atoms with Gasteiger partial charge in [-0.25, -0.2) is 4.39 Å². The van der Waals surface area contributed by atoms with Crippen molar-refractivity contribution in [3.05, 3.63) is 59.7 Å². The highest BCUT2D eigenvalue weighted by molar-refractivity contribution is 5.18. The molecule has 0 atom stereocenters. The highest BCUT2D eigenvalue weighted by atomic mass is 19.1. The lowest BCUT2D eigenvalue weighted by Gasteiger charge is -2.02. The van der Waals surface area contributed by atoms with Crippen LogP contribution >= 0.6 is 0 Å². The third kappa shape index (κ3) is 2.70. The second kappa shape index (κ2) is 4.94. The fourth-order valence-electron chi connectivity index (χ4n) is 1.70. The average Bonchev–Trinajstić information content (AvgIpc) is 2.70. The zero-order chi connectivity index (χ0) is 11.4. The Kier molecular flexibility index (Phi) is 3.37. The van der Waals surface area contributed by atoms with Crippen molar-refractivity contribution >= 4 is 0 Å². The van der Waals surface area contributed by atoms with Gasteiger partial charge in [0.05, 0.1) is 0 Å². The summed E-state index contributed by atoms with van der Waals surface area (Å²) < 4.78 is 14.8. The van der Waals surface area contributed by atoms with Gasteiger partial charge in [0.1, 0.15) is 5.82 Å². The predicted molar refractivity (Wildman–Crippen MR) is 62.7 cm³/mol. The number of benzene rings is 1. The maximum atomic E-state index is 12.7. The quantitative estimate of drug-likeness (QED) is 0.833. The molecule has 2 nitrogen and oxygen atoms in total. The number of hydrogen-bond acceptors (Lipinski definition) is 1. The van der Waals surface area contributed by atoms with E-state index in [-0.39, 0.29) is 5.82 Å². The van der Waals surface area contributed by atoms with Gasteiger partial charge in [-0.3, -0.25) is 0 Å². The lowest BCUT2D eigenvalue weighted by molar-refractivity contribution is 0.626. The molecule has 0 spiro atoms. The molecule has 1 N–H and O–H groups in total. The molecular formula is C13H15FN2. The van der Waals surface area contributed by atoms with Gasteiger partial charge < -0.3 is 9.88 Å². The van der Waals surface area contributed by atoms with Crippen molar-refractivity contribution in [3.63, 3.8) is 0 Å². The largest absolute Gasteiger partial charge is 0.350 e. The molecule has 1 aromatic heterocycles. The Balaban J connectivity index is 2.05. The minimum Gasteiger partial charge on any atom is -0.350 e. The topological polar surface area (TPSA) is 17.0 Å². The van der Waals surface area contributed by atoms with E-state index in [1.807, 2.05) is 25.4 Å². The number of nitrogens with one attached hydrogen (secondary N) is 1. The van der Waals surface area contributed by atoms with E-state index in [9.17, 15) is 4.39 Å². The second-order valence-electron chi connectivity index (χ2n) is 3.85. The highest BCUT2D eigenvalue weighted by Crippen LogP contribution is 2.07. The number of nitrogens with zero attached hydrogens (tertiary/aromatic N) is 1. The summed E-state index contributed by atoms with van der Waals surface area (Å²) in [6.07, 6.45) is 4.13. The first-order valence-electron chi connectivity index (χ1n) is 5.31. The van der Waals surface area contributed by atoms with E-state index in [2.05, 4.69) is 22.1 Å². The van der Waals surface area contributed by atoms with Crippen LogP contribution in [0.25, 0.3) is 0 Å². The standard InChI is InChI=1S/C13H15FN2/c1-15-8-12-6-7-16(10-12)9-11-2-4-13(14)5-3-11/h2-7,10,15H,8-9H2,1H3. The van der Waals surface area contributed by atoms with Gasteiger partial charge in [-0.05, 0) is 36.4 Å². The lowest BCUT2D eigenvalue weighted by atomic mass is 10.2. The van der Waals surface area contributed by atoms with E-state index in [0.29, 0.717) is 0 Å². The van der Waals surface area contributed by atoms with E-state index in [1.54, 1.807) is 0 Å². The van der Waals surface area contributed by atoms with Crippen molar-refractivity contribution in [3.8, 4) is 0 Å². The van der Waals surface area contributed by atoms with E-state index >= 15 is 0 Å². The summed E-state index contributed by atoms with van der Waals surface area (Å²) in [5.41, 5.74) is 2.36. The molecule has 2 aromatic rings. The molecule has 84 valence electrons. The van der Waals surface area contributed by atoms with Crippen LogP contribution in [0.5, 0.6) is 0 Å². The van der Waals surface area contributed by atoms with Gasteiger partial charge in [-0.1, -0.05) is 12.1 Å². The molecule has 3 heteroatoms. The van der Waals surface area contributed by atoms with Crippen LogP contribution in [0, 0.1) is 5.82 Å². The SMILES string of the molecule is CNCc1ccn(Cc2ccc(F)cc2)c1. The van der Waals surface area contributed by atoms with Crippen LogP contribution in [0.4, 0.5) is 4.39 Å². The molecule has 0 amide bonds. The van der Waals surface area contributed by atoms with Crippen LogP contribution in [0.1, 0.15) is 11.1 Å². The Labute approximate surface area is 94.7 Å². The van der Waals surface area contributed by atoms with Crippen molar-refractivity contribution in [1.29, 1.82) is 0 Å². The molecule has 2 rings (SSSR count). The Morgan fingerprint density at radius 2 is 1.88 bits per heavy atom. The molecular weight excluding hydrogens is 203 g/mol. The minimum atomic E-state index is -0.188. The van der Waals surface area contributed by atoms with Gasteiger partial charge >= 0.3 is 0 Å². The fourth-order valence-corrected chi connectivity index (χ4v) is 1.70. The van der Waals surface area contributed by atoms with Gasteiger partial charge in [0, 0.05) is 25.5 Å². The zero-order valence-corrected chi connectivity index (χ0v) is 9.28. The van der Waals surface area contributed by atoms with Crippen LogP contribution < -0.4 is 5.32 Å². The Hall–Kier alpha value is -1.61. The summed E-state index contributed by atoms with van der Waals surface area (Å²) in [4.78, 5) is 0. The maximum absolute atomic E-state index is 12.7. The fraction of sp³-hybridized carbons (Fsp3) is 0.231. The monoisotopic (exact) mass is 218 g/mol. The summed E-state index contributed by atoms with van der Waals surface area (Å²) in [5, 5.41) is 3.11. The third-order valence-electron chi connectivity index (χ3n) is 2.47. The Morgan fingerprint density at radius 3 is 2.56 bits per heavy atom. The first-order valence-corrected chi connectivity index (χ1v) is 5.31. The predicted octanol–water partition coefficient (Wildman–Crippen LogP) is 2.39. The molecule has 0 aliphatic rings. The molecule has 0 fully saturated rings. The number of aromatic nitrogens is 1. The Morgan fingerprint density at radius 1 is 1.12 bits per heavy atom. The maximum Gasteiger partial charge on any atom is 0.123 e. The minimum absolute atomic E-state index is 0.188. The van der Waals surface area contributed by atoms with Gasteiger partial charge in [0.25, 0.3) is 0 Å². The van der Waals surface area contributed by atoms with Crippen molar-refractivity contribution < 1.29 is 4.39 Å². The molecule has 0 unspecified atom stereocenters. The first kappa shape index (κ1) is 10.9. The Bertz CT molecular complexity index is 445. The highest BCUT2D eigenvalue weighted by Gasteiger charge is 1.98. The van der Waals surface area contributed by atoms with Gasteiger partial charge in [-0.15, -0.1) is 0 Å². The smallest absolute Gasteiger partial charge is 0.123 e. The summed E-state index contributed by atoms with van der Waals surface area (Å²) in [6.45, 7) is 1.65. The normalized spacial score (nSPS) is 10.6.